The quantitative estimate of drug-likeness (QED) is 0.538. The molecule has 0 radical (unpaired) electrons. The molecule has 0 aliphatic carbocycles. The molecule has 2 aliphatic rings. The van der Waals surface area contributed by atoms with Gasteiger partial charge in [-0.15, -0.1) is 6.42 Å². The van der Waals surface area contributed by atoms with E-state index < -0.39 is 53.3 Å². The van der Waals surface area contributed by atoms with Crippen LogP contribution in [0.1, 0.15) is 41.9 Å². The topological polar surface area (TPSA) is 83.3 Å². The Morgan fingerprint density at radius 1 is 1.34 bits per heavy atom. The van der Waals surface area contributed by atoms with Gasteiger partial charge in [0.05, 0.1) is 24.5 Å². The van der Waals surface area contributed by atoms with Gasteiger partial charge in [0.1, 0.15) is 17.0 Å². The number of carbonyl (C=O) groups excluding carboxylic acids is 1. The molecule has 2 N–H and O–H groups in total. The molecule has 4 heterocycles. The third kappa shape index (κ3) is 3.77. The second-order valence-corrected chi connectivity index (χ2v) is 7.77. The number of hydrogen-bond donors (Lipinski definition) is 2. The Bertz CT molecular complexity index is 1110. The Labute approximate surface area is 179 Å². The molecule has 2 amide bonds. The lowest BCUT2D eigenvalue weighted by Crippen LogP contribution is -2.39. The molecule has 0 bridgehead atoms. The summed E-state index contributed by atoms with van der Waals surface area (Å²) in [7, 11) is 0. The number of hydrogen-bond acceptors (Lipinski definition) is 4. The van der Waals surface area contributed by atoms with Crippen LogP contribution < -0.4 is 5.32 Å². The van der Waals surface area contributed by atoms with Crippen LogP contribution in [0.3, 0.4) is 0 Å². The highest BCUT2D eigenvalue weighted by molar-refractivity contribution is 5.89. The van der Waals surface area contributed by atoms with E-state index in [1.54, 1.807) is 0 Å². The first-order chi connectivity index (χ1) is 15.0. The second-order valence-electron chi connectivity index (χ2n) is 7.77. The first-order valence-electron chi connectivity index (χ1n) is 9.70. The average Bonchev–Trinajstić information content (AvgIpc) is 3.06. The predicted molar refractivity (Wildman–Crippen MR) is 101 cm³/mol. The number of nitrogens with zero attached hydrogens (tertiary/aromatic N) is 4. The molecule has 170 valence electrons. The number of amides is 2. The van der Waals surface area contributed by atoms with Gasteiger partial charge in [0.15, 0.2) is 5.82 Å². The van der Waals surface area contributed by atoms with E-state index >= 15 is 0 Å². The molecule has 2 aromatic heterocycles. The molecule has 1 unspecified atom stereocenters. The summed E-state index contributed by atoms with van der Waals surface area (Å²) in [5.74, 6) is -2.57. The number of carbonyl (C=O) groups is 1. The number of pyridine rings is 1. The Kier molecular flexibility index (Phi) is 5.32. The summed E-state index contributed by atoms with van der Waals surface area (Å²) in [5.41, 5.74) is -3.33. The van der Waals surface area contributed by atoms with Gasteiger partial charge in [-0.2, -0.15) is 13.9 Å². The van der Waals surface area contributed by atoms with Crippen molar-refractivity contribution in [2.45, 2.75) is 50.3 Å². The number of aliphatic hydroxyl groups is 1. The van der Waals surface area contributed by atoms with Crippen molar-refractivity contribution >= 4 is 11.7 Å². The Morgan fingerprint density at radius 2 is 2.09 bits per heavy atom. The van der Waals surface area contributed by atoms with Gasteiger partial charge < -0.3 is 15.3 Å². The number of halogens is 5. The summed E-state index contributed by atoms with van der Waals surface area (Å²) in [4.78, 5) is 17.0. The standard InChI is InChI=1S/C20H18F5N5O2/c1-2-19(32)5-6-20(24,25)16-11-9-29(8-4-12(11)28-30(16)10-19)18(31)27-13-3-7-26-15(14(13)21)17(22)23/h1,3,7,17,32H,4-6,8-10H2,(H,26,27,31). The normalized spacial score (nSPS) is 22.0. The fourth-order valence-corrected chi connectivity index (χ4v) is 3.95. The van der Waals surface area contributed by atoms with Crippen molar-refractivity contribution in [3.05, 3.63) is 40.7 Å². The third-order valence-corrected chi connectivity index (χ3v) is 5.63. The van der Waals surface area contributed by atoms with Gasteiger partial charge in [-0.05, 0) is 12.5 Å². The van der Waals surface area contributed by atoms with Crippen LogP contribution in [0.25, 0.3) is 0 Å². The molecule has 2 aromatic rings. The van der Waals surface area contributed by atoms with Crippen molar-refractivity contribution in [2.24, 2.45) is 0 Å². The van der Waals surface area contributed by atoms with Crippen molar-refractivity contribution in [3.8, 4) is 12.3 Å². The smallest absolute Gasteiger partial charge is 0.322 e. The Hall–Kier alpha value is -3.20. The minimum Gasteiger partial charge on any atom is -0.376 e. The van der Waals surface area contributed by atoms with Crippen molar-refractivity contribution in [2.75, 3.05) is 11.9 Å². The third-order valence-electron chi connectivity index (χ3n) is 5.63. The highest BCUT2D eigenvalue weighted by Gasteiger charge is 2.46. The molecule has 0 saturated carbocycles. The number of aromatic nitrogens is 3. The van der Waals surface area contributed by atoms with Crippen molar-refractivity contribution in [1.82, 2.24) is 19.7 Å². The highest BCUT2D eigenvalue weighted by Crippen LogP contribution is 2.42. The highest BCUT2D eigenvalue weighted by atomic mass is 19.3. The van der Waals surface area contributed by atoms with Gasteiger partial charge in [0.2, 0.25) is 0 Å². The number of nitrogens with one attached hydrogen (secondary N) is 1. The number of alkyl halides is 4. The average molecular weight is 455 g/mol. The molecule has 12 heteroatoms. The molecular weight excluding hydrogens is 437 g/mol. The van der Waals surface area contributed by atoms with Gasteiger partial charge in [-0.3, -0.25) is 9.67 Å². The van der Waals surface area contributed by atoms with Crippen LogP contribution in [-0.4, -0.2) is 42.9 Å². The number of fused-ring (bicyclic) bond motifs is 3. The van der Waals surface area contributed by atoms with Crippen LogP contribution in [0, 0.1) is 18.2 Å². The monoisotopic (exact) mass is 455 g/mol. The summed E-state index contributed by atoms with van der Waals surface area (Å²) >= 11 is 0. The molecule has 32 heavy (non-hydrogen) atoms. The summed E-state index contributed by atoms with van der Waals surface area (Å²) in [5, 5.41) is 16.8. The summed E-state index contributed by atoms with van der Waals surface area (Å²) in [6.45, 7) is -0.490. The van der Waals surface area contributed by atoms with Crippen LogP contribution >= 0.6 is 0 Å². The van der Waals surface area contributed by atoms with E-state index in [-0.39, 0.29) is 38.0 Å². The van der Waals surface area contributed by atoms with E-state index in [0.717, 1.165) is 21.8 Å². The zero-order valence-corrected chi connectivity index (χ0v) is 16.6. The molecule has 7 nitrogen and oxygen atoms in total. The first kappa shape index (κ1) is 22.0. The number of rotatable bonds is 2. The van der Waals surface area contributed by atoms with Crippen molar-refractivity contribution in [1.29, 1.82) is 0 Å². The number of urea groups is 1. The van der Waals surface area contributed by atoms with Gasteiger partial charge in [-0.25, -0.2) is 18.0 Å². The summed E-state index contributed by atoms with van der Waals surface area (Å²) in [6, 6.07) is 0.174. The minimum atomic E-state index is -3.34. The molecular formula is C20H18F5N5O2. The fraction of sp³-hybridized carbons (Fsp3) is 0.450. The van der Waals surface area contributed by atoms with Gasteiger partial charge in [-0.1, -0.05) is 5.92 Å². The zero-order chi connectivity index (χ0) is 23.3. The SMILES string of the molecule is C#CC1(O)CCC(F)(F)c2c3c(nn2C1)CCN(C(=O)Nc1ccnc(C(F)F)c1F)C3. The number of anilines is 1. The minimum absolute atomic E-state index is 0.0780. The Balaban J connectivity index is 1.61. The predicted octanol–water partition coefficient (Wildman–Crippen LogP) is 3.19. The molecule has 2 aliphatic heterocycles. The molecule has 4 rings (SSSR count). The van der Waals surface area contributed by atoms with E-state index in [0.29, 0.717) is 5.69 Å². The van der Waals surface area contributed by atoms with Crippen LogP contribution in [0.15, 0.2) is 12.3 Å². The van der Waals surface area contributed by atoms with E-state index in [1.807, 2.05) is 0 Å². The molecule has 0 fully saturated rings. The molecule has 1 atom stereocenters. The van der Waals surface area contributed by atoms with Crippen LogP contribution in [0.4, 0.5) is 32.4 Å². The van der Waals surface area contributed by atoms with E-state index in [1.165, 1.54) is 0 Å². The zero-order valence-electron chi connectivity index (χ0n) is 16.6. The van der Waals surface area contributed by atoms with Gasteiger partial charge in [0.25, 0.3) is 12.3 Å². The maximum Gasteiger partial charge on any atom is 0.322 e. The van der Waals surface area contributed by atoms with Crippen LogP contribution in [0.5, 0.6) is 0 Å². The summed E-state index contributed by atoms with van der Waals surface area (Å²) in [6.07, 6.45) is 2.19. The first-order valence-corrected chi connectivity index (χ1v) is 9.70. The van der Waals surface area contributed by atoms with E-state index in [4.69, 9.17) is 6.42 Å². The van der Waals surface area contributed by atoms with Crippen molar-refractivity contribution in [3.63, 3.8) is 0 Å². The lowest BCUT2D eigenvalue weighted by atomic mass is 9.96. The lowest BCUT2D eigenvalue weighted by molar-refractivity contribution is -0.0300. The van der Waals surface area contributed by atoms with Crippen LogP contribution in [-0.2, 0) is 25.4 Å². The van der Waals surface area contributed by atoms with Crippen LogP contribution in [0.2, 0.25) is 0 Å². The maximum absolute atomic E-state index is 14.9. The van der Waals surface area contributed by atoms with E-state index in [2.05, 4.69) is 21.3 Å². The summed E-state index contributed by atoms with van der Waals surface area (Å²) < 4.78 is 70.7. The van der Waals surface area contributed by atoms with Gasteiger partial charge >= 0.3 is 6.03 Å². The lowest BCUT2D eigenvalue weighted by Gasteiger charge is -2.28. The van der Waals surface area contributed by atoms with E-state index in [9.17, 15) is 31.9 Å². The second kappa shape index (κ2) is 7.74. The number of terminal acetylenes is 1. The molecule has 0 saturated heterocycles. The molecule has 0 spiro atoms. The molecule has 0 aromatic carbocycles. The van der Waals surface area contributed by atoms with Crippen molar-refractivity contribution < 1.29 is 31.9 Å². The Morgan fingerprint density at radius 3 is 2.78 bits per heavy atom. The fourth-order valence-electron chi connectivity index (χ4n) is 3.95. The van der Waals surface area contributed by atoms with Gasteiger partial charge in [0, 0.05) is 31.1 Å². The largest absolute Gasteiger partial charge is 0.376 e. The maximum atomic E-state index is 14.9.